The number of carbonyl (C=O) groups is 1. The highest BCUT2D eigenvalue weighted by molar-refractivity contribution is 5.85. The van der Waals surface area contributed by atoms with Crippen molar-refractivity contribution in [1.82, 2.24) is 4.90 Å². The maximum absolute atomic E-state index is 12.1. The summed E-state index contributed by atoms with van der Waals surface area (Å²) >= 11 is 0. The minimum absolute atomic E-state index is 0.0272. The Morgan fingerprint density at radius 3 is 1.40 bits per heavy atom. The van der Waals surface area contributed by atoms with E-state index in [1.807, 2.05) is 18.2 Å². The van der Waals surface area contributed by atoms with E-state index in [2.05, 4.69) is 77.7 Å². The van der Waals surface area contributed by atoms with Crippen LogP contribution in [-0.4, -0.2) is 23.3 Å². The van der Waals surface area contributed by atoms with E-state index >= 15 is 0 Å². The Hall–Kier alpha value is -2.71. The SMILES string of the molecule is CC(=O)[C@@H]1CN1C(c1ccccc1)(c1ccccc1)c1ccccc1. The van der Waals surface area contributed by atoms with E-state index in [-0.39, 0.29) is 11.8 Å². The van der Waals surface area contributed by atoms with Crippen LogP contribution < -0.4 is 0 Å². The summed E-state index contributed by atoms with van der Waals surface area (Å²) in [6.45, 7) is 2.48. The van der Waals surface area contributed by atoms with Gasteiger partial charge in [0.25, 0.3) is 0 Å². The predicted octanol–water partition coefficient (Wildman–Crippen LogP) is 4.25. The number of rotatable bonds is 5. The molecule has 2 nitrogen and oxygen atoms in total. The molecular formula is C23H21NO. The average Bonchev–Trinajstić information content (AvgIpc) is 3.47. The van der Waals surface area contributed by atoms with Crippen molar-refractivity contribution in [3.8, 4) is 0 Å². The molecule has 25 heavy (non-hydrogen) atoms. The fourth-order valence-electron chi connectivity index (χ4n) is 3.89. The van der Waals surface area contributed by atoms with Gasteiger partial charge in [0.2, 0.25) is 0 Å². The van der Waals surface area contributed by atoms with Crippen molar-refractivity contribution in [3.05, 3.63) is 108 Å². The Kier molecular flexibility index (Phi) is 3.98. The van der Waals surface area contributed by atoms with Crippen LogP contribution in [0.4, 0.5) is 0 Å². The summed E-state index contributed by atoms with van der Waals surface area (Å²) in [4.78, 5) is 14.4. The molecule has 1 unspecified atom stereocenters. The lowest BCUT2D eigenvalue weighted by atomic mass is 9.76. The largest absolute Gasteiger partial charge is 0.298 e. The first-order valence-corrected chi connectivity index (χ1v) is 8.68. The molecule has 0 bridgehead atoms. The Morgan fingerprint density at radius 2 is 1.12 bits per heavy atom. The summed E-state index contributed by atoms with van der Waals surface area (Å²) < 4.78 is 0. The summed E-state index contributed by atoms with van der Waals surface area (Å²) in [5, 5.41) is 0. The third-order valence-corrected chi connectivity index (χ3v) is 5.09. The Morgan fingerprint density at radius 1 is 0.760 bits per heavy atom. The highest BCUT2D eigenvalue weighted by Gasteiger charge is 2.54. The van der Waals surface area contributed by atoms with Gasteiger partial charge in [-0.2, -0.15) is 0 Å². The van der Waals surface area contributed by atoms with Crippen LogP contribution in [0.1, 0.15) is 23.6 Å². The highest BCUT2D eigenvalue weighted by atomic mass is 16.1. The van der Waals surface area contributed by atoms with Crippen LogP contribution >= 0.6 is 0 Å². The second-order valence-corrected chi connectivity index (χ2v) is 6.59. The molecule has 1 heterocycles. The van der Waals surface area contributed by atoms with Crippen molar-refractivity contribution in [2.24, 2.45) is 0 Å². The van der Waals surface area contributed by atoms with Crippen LogP contribution in [0, 0.1) is 0 Å². The predicted molar refractivity (Wildman–Crippen MR) is 100 cm³/mol. The molecule has 0 amide bonds. The van der Waals surface area contributed by atoms with Gasteiger partial charge < -0.3 is 0 Å². The van der Waals surface area contributed by atoms with Gasteiger partial charge in [-0.1, -0.05) is 91.0 Å². The smallest absolute Gasteiger partial charge is 0.148 e. The van der Waals surface area contributed by atoms with Gasteiger partial charge >= 0.3 is 0 Å². The Balaban J connectivity index is 2.01. The second kappa shape index (κ2) is 6.30. The summed E-state index contributed by atoms with van der Waals surface area (Å²) in [5.74, 6) is 0.229. The van der Waals surface area contributed by atoms with Crippen LogP contribution in [0.25, 0.3) is 0 Å². The Labute approximate surface area is 148 Å². The zero-order valence-corrected chi connectivity index (χ0v) is 14.3. The van der Waals surface area contributed by atoms with Crippen molar-refractivity contribution in [1.29, 1.82) is 0 Å². The van der Waals surface area contributed by atoms with Crippen LogP contribution in [0.5, 0.6) is 0 Å². The molecule has 3 aromatic rings. The monoisotopic (exact) mass is 327 g/mol. The number of nitrogens with zero attached hydrogens (tertiary/aromatic N) is 1. The molecule has 2 heteroatoms. The van der Waals surface area contributed by atoms with Gasteiger partial charge in [-0.15, -0.1) is 0 Å². The number of Topliss-reactive ketones (excluding diaryl/α,β-unsaturated/α-hetero) is 1. The first-order chi connectivity index (χ1) is 12.2. The van der Waals surface area contributed by atoms with E-state index < -0.39 is 5.54 Å². The average molecular weight is 327 g/mol. The summed E-state index contributed by atoms with van der Waals surface area (Å²) in [5.41, 5.74) is 3.13. The molecular weight excluding hydrogens is 306 g/mol. The van der Waals surface area contributed by atoms with Crippen molar-refractivity contribution >= 4 is 5.78 Å². The molecule has 124 valence electrons. The van der Waals surface area contributed by atoms with Gasteiger partial charge in [0.1, 0.15) is 5.78 Å². The molecule has 0 aromatic heterocycles. The topological polar surface area (TPSA) is 20.1 Å². The van der Waals surface area contributed by atoms with Gasteiger partial charge in [-0.25, -0.2) is 0 Å². The molecule has 1 aliphatic rings. The molecule has 0 spiro atoms. The molecule has 4 rings (SSSR count). The zero-order valence-electron chi connectivity index (χ0n) is 14.3. The fourth-order valence-corrected chi connectivity index (χ4v) is 3.89. The minimum atomic E-state index is -0.444. The molecule has 0 aliphatic carbocycles. The normalized spacial score (nSPS) is 19.4. The standard InChI is InChI=1S/C23H21NO/c1-18(25)22-17-24(22)23(19-11-5-2-6-12-19,20-13-7-3-8-14-20)21-15-9-4-10-16-21/h2-16,22H,17H2,1H3/t22-,24?/m0/s1. The summed E-state index contributed by atoms with van der Waals surface area (Å²) in [6, 6.07) is 31.5. The molecule has 1 saturated heterocycles. The van der Waals surface area contributed by atoms with Gasteiger partial charge in [0.05, 0.1) is 11.6 Å². The molecule has 1 aliphatic heterocycles. The van der Waals surface area contributed by atoms with E-state index in [9.17, 15) is 4.79 Å². The molecule has 2 atom stereocenters. The first-order valence-electron chi connectivity index (χ1n) is 8.68. The van der Waals surface area contributed by atoms with E-state index in [1.165, 1.54) is 16.7 Å². The van der Waals surface area contributed by atoms with Crippen LogP contribution in [-0.2, 0) is 10.3 Å². The van der Waals surface area contributed by atoms with Gasteiger partial charge in [-0.05, 0) is 23.6 Å². The highest BCUT2D eigenvalue weighted by Crippen LogP contribution is 2.48. The first kappa shape index (κ1) is 15.8. The van der Waals surface area contributed by atoms with Gasteiger partial charge in [0, 0.05) is 6.54 Å². The molecule has 1 fully saturated rings. The third kappa shape index (κ3) is 2.59. The van der Waals surface area contributed by atoms with Gasteiger partial charge in [-0.3, -0.25) is 9.69 Å². The Bertz CT molecular complexity index is 762. The summed E-state index contributed by atoms with van der Waals surface area (Å²) in [7, 11) is 0. The van der Waals surface area contributed by atoms with Crippen molar-refractivity contribution in [3.63, 3.8) is 0 Å². The van der Waals surface area contributed by atoms with Crippen LogP contribution in [0.15, 0.2) is 91.0 Å². The van der Waals surface area contributed by atoms with Crippen molar-refractivity contribution in [2.75, 3.05) is 6.54 Å². The summed E-state index contributed by atoms with van der Waals surface area (Å²) in [6.07, 6.45) is 0. The molecule has 0 radical (unpaired) electrons. The lowest BCUT2D eigenvalue weighted by molar-refractivity contribution is -0.117. The number of carbonyl (C=O) groups excluding carboxylic acids is 1. The second-order valence-electron chi connectivity index (χ2n) is 6.59. The van der Waals surface area contributed by atoms with E-state index in [4.69, 9.17) is 0 Å². The lowest BCUT2D eigenvalue weighted by Crippen LogP contribution is -2.39. The molecule has 3 aromatic carbocycles. The van der Waals surface area contributed by atoms with Crippen LogP contribution in [0.2, 0.25) is 0 Å². The minimum Gasteiger partial charge on any atom is -0.298 e. The maximum Gasteiger partial charge on any atom is 0.148 e. The third-order valence-electron chi connectivity index (χ3n) is 5.09. The zero-order chi connectivity index (χ0) is 17.3. The quantitative estimate of drug-likeness (QED) is 0.516. The number of hydrogen-bond acceptors (Lipinski definition) is 2. The number of benzene rings is 3. The molecule has 0 N–H and O–H groups in total. The molecule has 0 saturated carbocycles. The van der Waals surface area contributed by atoms with Crippen molar-refractivity contribution < 1.29 is 4.79 Å². The van der Waals surface area contributed by atoms with Gasteiger partial charge in [0.15, 0.2) is 0 Å². The van der Waals surface area contributed by atoms with Crippen molar-refractivity contribution in [2.45, 2.75) is 18.5 Å². The lowest BCUT2D eigenvalue weighted by Gasteiger charge is -2.38. The van der Waals surface area contributed by atoms with E-state index in [1.54, 1.807) is 6.92 Å². The van der Waals surface area contributed by atoms with E-state index in [0.29, 0.717) is 0 Å². The van der Waals surface area contributed by atoms with E-state index in [0.717, 1.165) is 6.54 Å². The fraction of sp³-hybridized carbons (Fsp3) is 0.174. The maximum atomic E-state index is 12.1. The number of hydrogen-bond donors (Lipinski definition) is 0. The van der Waals surface area contributed by atoms with Crippen LogP contribution in [0.3, 0.4) is 0 Å². The number of ketones is 1.